The van der Waals surface area contributed by atoms with Gasteiger partial charge in [-0.1, -0.05) is 31.8 Å². The maximum Gasteiger partial charge on any atom is 0.0756 e. The van der Waals surface area contributed by atoms with Crippen LogP contribution in [0.2, 0.25) is 0 Å². The third-order valence-corrected chi connectivity index (χ3v) is 4.22. The summed E-state index contributed by atoms with van der Waals surface area (Å²) in [7, 11) is 0. The van der Waals surface area contributed by atoms with Gasteiger partial charge in [-0.25, -0.2) is 0 Å². The van der Waals surface area contributed by atoms with E-state index in [1.165, 1.54) is 37.7 Å². The standard InChI is InChI=1S/C17H33NO/c1-5-18-16(13-12-14(3)4)17(19-6-2)15-10-8-7-9-11-15/h15-18H,3,5-13H2,1-2,4H3. The van der Waals surface area contributed by atoms with Crippen LogP contribution >= 0.6 is 0 Å². The van der Waals surface area contributed by atoms with Crippen molar-refractivity contribution in [3.63, 3.8) is 0 Å². The molecule has 2 unspecified atom stereocenters. The Labute approximate surface area is 120 Å². The molecule has 1 N–H and O–H groups in total. The highest BCUT2D eigenvalue weighted by Gasteiger charge is 2.30. The van der Waals surface area contributed by atoms with Crippen LogP contribution in [0.15, 0.2) is 12.2 Å². The van der Waals surface area contributed by atoms with Gasteiger partial charge < -0.3 is 10.1 Å². The minimum atomic E-state index is 0.393. The second-order valence-corrected chi connectivity index (χ2v) is 5.98. The number of ether oxygens (including phenoxy) is 1. The molecule has 1 rings (SSSR count). The van der Waals surface area contributed by atoms with E-state index in [9.17, 15) is 0 Å². The van der Waals surface area contributed by atoms with Gasteiger partial charge in [-0.05, 0) is 52.0 Å². The molecule has 0 aromatic carbocycles. The summed E-state index contributed by atoms with van der Waals surface area (Å²) in [6.45, 7) is 12.3. The molecule has 1 aliphatic carbocycles. The SMILES string of the molecule is C=C(C)CCC(NCC)C(OCC)C1CCCCC1. The predicted octanol–water partition coefficient (Wildman–Crippen LogP) is 4.31. The van der Waals surface area contributed by atoms with E-state index in [0.717, 1.165) is 31.9 Å². The third kappa shape index (κ3) is 6.09. The molecule has 0 saturated heterocycles. The van der Waals surface area contributed by atoms with Gasteiger partial charge >= 0.3 is 0 Å². The Morgan fingerprint density at radius 1 is 1.26 bits per heavy atom. The molecule has 2 nitrogen and oxygen atoms in total. The van der Waals surface area contributed by atoms with Crippen molar-refractivity contribution in [2.75, 3.05) is 13.2 Å². The predicted molar refractivity (Wildman–Crippen MR) is 83.5 cm³/mol. The Kier molecular flexibility index (Phi) is 8.40. The smallest absolute Gasteiger partial charge is 0.0756 e. The molecular formula is C17H33NO. The number of rotatable bonds is 9. The van der Waals surface area contributed by atoms with Gasteiger partial charge in [0.25, 0.3) is 0 Å². The van der Waals surface area contributed by atoms with Gasteiger partial charge in [0.15, 0.2) is 0 Å². The lowest BCUT2D eigenvalue weighted by molar-refractivity contribution is -0.0189. The molecule has 19 heavy (non-hydrogen) atoms. The van der Waals surface area contributed by atoms with Crippen LogP contribution in [0.1, 0.15) is 65.7 Å². The zero-order valence-electron chi connectivity index (χ0n) is 13.2. The van der Waals surface area contributed by atoms with Crippen LogP contribution in [0.3, 0.4) is 0 Å². The van der Waals surface area contributed by atoms with Crippen molar-refractivity contribution in [2.24, 2.45) is 5.92 Å². The van der Waals surface area contributed by atoms with Gasteiger partial charge in [-0.2, -0.15) is 0 Å². The molecule has 112 valence electrons. The summed E-state index contributed by atoms with van der Waals surface area (Å²) in [6, 6.07) is 0.491. The maximum atomic E-state index is 6.14. The highest BCUT2D eigenvalue weighted by Crippen LogP contribution is 2.30. The van der Waals surface area contributed by atoms with Crippen LogP contribution in [0.5, 0.6) is 0 Å². The number of likely N-dealkylation sites (N-methyl/N-ethyl adjacent to an activating group) is 1. The van der Waals surface area contributed by atoms with Crippen LogP contribution in [-0.2, 0) is 4.74 Å². The summed E-state index contributed by atoms with van der Waals surface area (Å²) in [5.41, 5.74) is 1.28. The molecule has 0 amide bonds. The quantitative estimate of drug-likeness (QED) is 0.629. The summed E-state index contributed by atoms with van der Waals surface area (Å²) < 4.78 is 6.14. The van der Waals surface area contributed by atoms with Gasteiger partial charge in [-0.15, -0.1) is 6.58 Å². The van der Waals surface area contributed by atoms with E-state index in [1.807, 2.05) is 0 Å². The van der Waals surface area contributed by atoms with Gasteiger partial charge in [-0.3, -0.25) is 0 Å². The van der Waals surface area contributed by atoms with E-state index in [1.54, 1.807) is 0 Å². The molecule has 0 heterocycles. The number of nitrogens with one attached hydrogen (secondary N) is 1. The molecule has 0 bridgehead atoms. The van der Waals surface area contributed by atoms with Gasteiger partial charge in [0.05, 0.1) is 6.10 Å². The highest BCUT2D eigenvalue weighted by molar-refractivity contribution is 4.92. The van der Waals surface area contributed by atoms with E-state index < -0.39 is 0 Å². The third-order valence-electron chi connectivity index (χ3n) is 4.22. The molecule has 1 aliphatic rings. The van der Waals surface area contributed by atoms with Crippen LogP contribution in [-0.4, -0.2) is 25.3 Å². The Morgan fingerprint density at radius 3 is 2.47 bits per heavy atom. The first kappa shape index (κ1) is 16.7. The van der Waals surface area contributed by atoms with Gasteiger partial charge in [0, 0.05) is 12.6 Å². The Morgan fingerprint density at radius 2 is 1.95 bits per heavy atom. The molecule has 2 atom stereocenters. The molecule has 1 fully saturated rings. The summed E-state index contributed by atoms with van der Waals surface area (Å²) in [6.07, 6.45) is 9.52. The molecule has 0 radical (unpaired) electrons. The monoisotopic (exact) mass is 267 g/mol. The second-order valence-electron chi connectivity index (χ2n) is 5.98. The fourth-order valence-corrected chi connectivity index (χ4v) is 3.28. The second kappa shape index (κ2) is 9.55. The maximum absolute atomic E-state index is 6.14. The molecule has 1 saturated carbocycles. The molecule has 0 aromatic rings. The van der Waals surface area contributed by atoms with Crippen molar-refractivity contribution in [1.29, 1.82) is 0 Å². The average Bonchev–Trinajstić information content (AvgIpc) is 2.42. The fourth-order valence-electron chi connectivity index (χ4n) is 3.28. The summed E-state index contributed by atoms with van der Waals surface area (Å²) in [5, 5.41) is 3.65. The van der Waals surface area contributed by atoms with Crippen molar-refractivity contribution < 1.29 is 4.74 Å². The number of hydrogen-bond donors (Lipinski definition) is 1. The molecule has 2 heteroatoms. The summed E-state index contributed by atoms with van der Waals surface area (Å²) >= 11 is 0. The molecule has 0 aromatic heterocycles. The largest absolute Gasteiger partial charge is 0.377 e. The molecular weight excluding hydrogens is 234 g/mol. The zero-order chi connectivity index (χ0) is 14.1. The van der Waals surface area contributed by atoms with Crippen molar-refractivity contribution in [2.45, 2.75) is 77.9 Å². The van der Waals surface area contributed by atoms with Crippen LogP contribution < -0.4 is 5.32 Å². The Hall–Kier alpha value is -0.340. The highest BCUT2D eigenvalue weighted by atomic mass is 16.5. The lowest BCUT2D eigenvalue weighted by Crippen LogP contribution is -2.46. The van der Waals surface area contributed by atoms with Crippen molar-refractivity contribution in [1.82, 2.24) is 5.32 Å². The Bertz CT molecular complexity index is 246. The average molecular weight is 267 g/mol. The van der Waals surface area contributed by atoms with Crippen molar-refractivity contribution in [3.8, 4) is 0 Å². The zero-order valence-corrected chi connectivity index (χ0v) is 13.2. The first-order valence-electron chi connectivity index (χ1n) is 8.18. The van der Waals surface area contributed by atoms with Crippen molar-refractivity contribution in [3.05, 3.63) is 12.2 Å². The Balaban J connectivity index is 2.62. The van der Waals surface area contributed by atoms with Crippen LogP contribution in [0.25, 0.3) is 0 Å². The van der Waals surface area contributed by atoms with Crippen LogP contribution in [0, 0.1) is 5.92 Å². The van der Waals surface area contributed by atoms with E-state index in [0.29, 0.717) is 12.1 Å². The summed E-state index contributed by atoms with van der Waals surface area (Å²) in [4.78, 5) is 0. The minimum absolute atomic E-state index is 0.393. The van der Waals surface area contributed by atoms with E-state index >= 15 is 0 Å². The number of allylic oxidation sites excluding steroid dienone is 1. The first-order valence-corrected chi connectivity index (χ1v) is 8.18. The van der Waals surface area contributed by atoms with E-state index in [2.05, 4.69) is 32.7 Å². The topological polar surface area (TPSA) is 21.3 Å². The fraction of sp³-hybridized carbons (Fsp3) is 0.882. The first-order chi connectivity index (χ1) is 9.19. The van der Waals surface area contributed by atoms with Gasteiger partial charge in [0.2, 0.25) is 0 Å². The molecule has 0 spiro atoms. The van der Waals surface area contributed by atoms with Crippen molar-refractivity contribution >= 4 is 0 Å². The van der Waals surface area contributed by atoms with Crippen LogP contribution in [0.4, 0.5) is 0 Å². The van der Waals surface area contributed by atoms with E-state index in [-0.39, 0.29) is 0 Å². The number of hydrogen-bond acceptors (Lipinski definition) is 2. The molecule has 0 aliphatic heterocycles. The van der Waals surface area contributed by atoms with Gasteiger partial charge in [0.1, 0.15) is 0 Å². The minimum Gasteiger partial charge on any atom is -0.377 e. The van der Waals surface area contributed by atoms with E-state index in [4.69, 9.17) is 4.74 Å². The lowest BCUT2D eigenvalue weighted by Gasteiger charge is -2.36. The normalized spacial score (nSPS) is 20.2. The summed E-state index contributed by atoms with van der Waals surface area (Å²) in [5.74, 6) is 0.753. The lowest BCUT2D eigenvalue weighted by atomic mass is 9.81.